The van der Waals surface area contributed by atoms with Crippen molar-refractivity contribution in [3.63, 3.8) is 0 Å². The maximum absolute atomic E-state index is 13.9. The van der Waals surface area contributed by atoms with E-state index in [4.69, 9.17) is 14.2 Å². The Kier molecular flexibility index (Phi) is 10.8. The third-order valence-corrected chi connectivity index (χ3v) is 8.09. The van der Waals surface area contributed by atoms with Gasteiger partial charge in [-0.2, -0.15) is 0 Å². The molecule has 1 fully saturated rings. The van der Waals surface area contributed by atoms with Gasteiger partial charge in [-0.1, -0.05) is 29.8 Å². The monoisotopic (exact) mass is 678 g/mol. The Balaban J connectivity index is 1.73. The molecule has 1 saturated heterocycles. The number of carbonyl (C=O) groups is 3. The molecule has 2 amide bonds. The number of aliphatic hydroxyl groups excluding tert-OH is 2. The summed E-state index contributed by atoms with van der Waals surface area (Å²) in [5.74, 6) is -0.347. The van der Waals surface area contributed by atoms with Crippen LogP contribution in [-0.2, 0) is 20.9 Å². The van der Waals surface area contributed by atoms with Crippen LogP contribution < -0.4 is 14.8 Å². The minimum absolute atomic E-state index is 0.0548. The second-order valence-corrected chi connectivity index (χ2v) is 11.3. The quantitative estimate of drug-likeness (QED) is 0.244. The molecule has 0 bridgehead atoms. The average Bonchev–Trinajstić information content (AvgIpc) is 3.52. The Bertz CT molecular complexity index is 1280. The lowest BCUT2D eigenvalue weighted by Crippen LogP contribution is -2.56. The van der Waals surface area contributed by atoms with Gasteiger partial charge in [-0.3, -0.25) is 14.4 Å². The van der Waals surface area contributed by atoms with Crippen molar-refractivity contribution in [3.8, 4) is 11.5 Å². The van der Waals surface area contributed by atoms with Gasteiger partial charge >= 0.3 is 0 Å². The van der Waals surface area contributed by atoms with Crippen LogP contribution in [0.5, 0.6) is 11.5 Å². The standard InChI is InChI=1S/C30H35IN2O8/c1-18-3-5-19(6-4-18)15-33(30(38)21-7-10-40-17-21)24-13-22(29(37)32-8-9-34)14-25(27(24)36)41-28-23(31)11-20(16-35)12-26(28)39-2/h3-6,11-12,14,16,21,24-25,27,34,36H,7-10,13,15,17H2,1-2H3,(H,32,37). The number of methoxy groups -OCH3 is 1. The first-order valence-corrected chi connectivity index (χ1v) is 14.5. The zero-order valence-electron chi connectivity index (χ0n) is 23.0. The van der Waals surface area contributed by atoms with E-state index in [1.807, 2.05) is 53.8 Å². The molecule has 11 heteroatoms. The van der Waals surface area contributed by atoms with Crippen LogP contribution in [0.4, 0.5) is 0 Å². The Labute approximate surface area is 252 Å². The molecular formula is C30H35IN2O8. The molecular weight excluding hydrogens is 643 g/mol. The van der Waals surface area contributed by atoms with E-state index in [1.165, 1.54) is 13.2 Å². The molecule has 4 unspecified atom stereocenters. The van der Waals surface area contributed by atoms with Gasteiger partial charge in [0.1, 0.15) is 18.5 Å². The second-order valence-electron chi connectivity index (χ2n) is 10.2. The van der Waals surface area contributed by atoms with Gasteiger partial charge in [0.05, 0.1) is 35.9 Å². The molecule has 1 heterocycles. The van der Waals surface area contributed by atoms with Gasteiger partial charge in [-0.25, -0.2) is 0 Å². The van der Waals surface area contributed by atoms with Crippen LogP contribution in [0.15, 0.2) is 48.0 Å². The molecule has 2 aromatic rings. The van der Waals surface area contributed by atoms with Gasteiger partial charge in [0.25, 0.3) is 0 Å². The third kappa shape index (κ3) is 7.45. The number of benzene rings is 2. The number of halogens is 1. The number of nitrogens with zero attached hydrogens (tertiary/aromatic N) is 1. The summed E-state index contributed by atoms with van der Waals surface area (Å²) >= 11 is 2.02. The highest BCUT2D eigenvalue weighted by Gasteiger charge is 2.42. The number of carbonyl (C=O) groups excluding carboxylic acids is 3. The fourth-order valence-electron chi connectivity index (χ4n) is 5.05. The van der Waals surface area contributed by atoms with Crippen molar-refractivity contribution < 1.29 is 38.8 Å². The van der Waals surface area contributed by atoms with E-state index in [1.54, 1.807) is 17.0 Å². The SMILES string of the molecule is COc1cc(C=O)cc(I)c1OC1C=C(C(=O)NCCO)CC(N(Cc2ccc(C)cc2)C(=O)C2CCOC2)C1O. The van der Waals surface area contributed by atoms with E-state index in [0.717, 1.165) is 11.1 Å². The zero-order chi connectivity index (χ0) is 29.5. The van der Waals surface area contributed by atoms with E-state index in [-0.39, 0.29) is 37.9 Å². The number of hydrogen-bond acceptors (Lipinski definition) is 8. The van der Waals surface area contributed by atoms with E-state index < -0.39 is 24.2 Å². The zero-order valence-corrected chi connectivity index (χ0v) is 25.2. The van der Waals surface area contributed by atoms with Crippen molar-refractivity contribution in [2.75, 3.05) is 33.5 Å². The fourth-order valence-corrected chi connectivity index (χ4v) is 5.80. The van der Waals surface area contributed by atoms with E-state index >= 15 is 0 Å². The van der Waals surface area contributed by atoms with Crippen molar-refractivity contribution in [2.24, 2.45) is 5.92 Å². The van der Waals surface area contributed by atoms with Crippen LogP contribution in [0.3, 0.4) is 0 Å². The van der Waals surface area contributed by atoms with E-state index in [9.17, 15) is 24.6 Å². The third-order valence-electron chi connectivity index (χ3n) is 7.29. The summed E-state index contributed by atoms with van der Waals surface area (Å²) in [6, 6.07) is 10.2. The maximum Gasteiger partial charge on any atom is 0.247 e. The lowest BCUT2D eigenvalue weighted by Gasteiger charge is -2.41. The largest absolute Gasteiger partial charge is 0.493 e. The predicted molar refractivity (Wildman–Crippen MR) is 159 cm³/mol. The molecule has 2 aliphatic rings. The predicted octanol–water partition coefficient (Wildman–Crippen LogP) is 2.40. The van der Waals surface area contributed by atoms with Gasteiger partial charge in [-0.15, -0.1) is 0 Å². The molecule has 4 atom stereocenters. The first-order valence-electron chi connectivity index (χ1n) is 13.5. The summed E-state index contributed by atoms with van der Waals surface area (Å²) in [5.41, 5.74) is 2.68. The number of nitrogens with one attached hydrogen (secondary N) is 1. The second kappa shape index (κ2) is 14.3. The summed E-state index contributed by atoms with van der Waals surface area (Å²) in [5, 5.41) is 23.7. The van der Waals surface area contributed by atoms with Gasteiger partial charge < -0.3 is 34.6 Å². The summed E-state index contributed by atoms with van der Waals surface area (Å²) in [6.07, 6.45) is 0.676. The Morgan fingerprint density at radius 1 is 1.24 bits per heavy atom. The first-order chi connectivity index (χ1) is 19.7. The Morgan fingerprint density at radius 3 is 2.63 bits per heavy atom. The highest BCUT2D eigenvalue weighted by molar-refractivity contribution is 14.1. The Hall–Kier alpha value is -3.00. The summed E-state index contributed by atoms with van der Waals surface area (Å²) in [6.45, 7) is 2.81. The molecule has 0 radical (unpaired) electrons. The van der Waals surface area contributed by atoms with Crippen LogP contribution in [0.25, 0.3) is 0 Å². The molecule has 220 valence electrons. The summed E-state index contributed by atoms with van der Waals surface area (Å²) in [4.78, 5) is 40.0. The number of aliphatic hydroxyl groups is 2. The molecule has 2 aromatic carbocycles. The number of aldehydes is 1. The van der Waals surface area contributed by atoms with Crippen molar-refractivity contribution in [1.29, 1.82) is 0 Å². The van der Waals surface area contributed by atoms with Crippen molar-refractivity contribution in [3.05, 3.63) is 68.3 Å². The first kappa shape index (κ1) is 30.9. The number of hydrogen-bond donors (Lipinski definition) is 3. The van der Waals surface area contributed by atoms with Gasteiger partial charge in [0, 0.05) is 37.3 Å². The van der Waals surface area contributed by atoms with Crippen LogP contribution in [0, 0.1) is 16.4 Å². The van der Waals surface area contributed by atoms with Crippen molar-refractivity contribution in [2.45, 2.75) is 44.6 Å². The molecule has 4 rings (SSSR count). The van der Waals surface area contributed by atoms with Crippen LogP contribution >= 0.6 is 22.6 Å². The molecule has 41 heavy (non-hydrogen) atoms. The lowest BCUT2D eigenvalue weighted by atomic mass is 9.87. The average molecular weight is 679 g/mol. The van der Waals surface area contributed by atoms with Crippen molar-refractivity contribution in [1.82, 2.24) is 10.2 Å². The molecule has 1 aliphatic heterocycles. The van der Waals surface area contributed by atoms with E-state index in [2.05, 4.69) is 5.32 Å². The minimum atomic E-state index is -1.20. The lowest BCUT2D eigenvalue weighted by molar-refractivity contribution is -0.143. The van der Waals surface area contributed by atoms with Crippen LogP contribution in [0.2, 0.25) is 0 Å². The summed E-state index contributed by atoms with van der Waals surface area (Å²) in [7, 11) is 1.45. The van der Waals surface area contributed by atoms with Gasteiger partial charge in [0.15, 0.2) is 11.5 Å². The smallest absolute Gasteiger partial charge is 0.247 e. The van der Waals surface area contributed by atoms with E-state index in [0.29, 0.717) is 52.1 Å². The van der Waals surface area contributed by atoms with Crippen LogP contribution in [-0.4, -0.2) is 84.9 Å². The van der Waals surface area contributed by atoms with Crippen molar-refractivity contribution >= 4 is 40.7 Å². The fraction of sp³-hybridized carbons (Fsp3) is 0.433. The summed E-state index contributed by atoms with van der Waals surface area (Å²) < 4.78 is 17.8. The number of rotatable bonds is 11. The molecule has 0 aromatic heterocycles. The Morgan fingerprint density at radius 2 is 2.00 bits per heavy atom. The highest BCUT2D eigenvalue weighted by atomic mass is 127. The van der Waals surface area contributed by atoms with Gasteiger partial charge in [-0.05, 0) is 59.7 Å². The minimum Gasteiger partial charge on any atom is -0.493 e. The molecule has 10 nitrogen and oxygen atoms in total. The molecule has 3 N–H and O–H groups in total. The molecule has 1 aliphatic carbocycles. The highest BCUT2D eigenvalue weighted by Crippen LogP contribution is 2.37. The van der Waals surface area contributed by atoms with Gasteiger partial charge in [0.2, 0.25) is 11.8 Å². The topological polar surface area (TPSA) is 135 Å². The normalized spacial score (nSPS) is 22.0. The molecule has 0 saturated carbocycles. The number of ether oxygens (including phenoxy) is 3. The van der Waals surface area contributed by atoms with Crippen LogP contribution in [0.1, 0.15) is 34.3 Å². The maximum atomic E-state index is 13.9. The number of aryl methyl sites for hydroxylation is 1. The number of amides is 2. The molecule has 0 spiro atoms.